The lowest BCUT2D eigenvalue weighted by Crippen LogP contribution is -2.40. The summed E-state index contributed by atoms with van der Waals surface area (Å²) in [6, 6.07) is 5.89. The van der Waals surface area contributed by atoms with Crippen molar-refractivity contribution < 1.29 is 9.47 Å². The Hall–Kier alpha value is -2.69. The zero-order chi connectivity index (χ0) is 19.9. The number of piperidine rings is 1. The maximum atomic E-state index is 5.76. The molecule has 1 aromatic heterocycles. The standard InChI is InChI=1S/C21H27N5O2/c1-5-16-9-10-18(19(12-16)28-14-27-6-2)20-15(3)22-21(25-24-20)23-17-8-7-11-26(4)13-17/h1,9-10,12,17H,6-8,11,13-14H2,2-4H3,(H,22,23,25). The second-order valence-electron chi connectivity index (χ2n) is 6.93. The van der Waals surface area contributed by atoms with Gasteiger partial charge in [-0.25, -0.2) is 4.98 Å². The Morgan fingerprint density at radius 3 is 2.93 bits per heavy atom. The number of terminal acetylenes is 1. The zero-order valence-electron chi connectivity index (χ0n) is 16.7. The highest BCUT2D eigenvalue weighted by molar-refractivity contribution is 5.70. The molecule has 0 radical (unpaired) electrons. The average molecular weight is 381 g/mol. The molecule has 148 valence electrons. The highest BCUT2D eigenvalue weighted by Gasteiger charge is 2.19. The van der Waals surface area contributed by atoms with Crippen molar-refractivity contribution in [2.45, 2.75) is 32.7 Å². The van der Waals surface area contributed by atoms with E-state index in [1.54, 1.807) is 6.07 Å². The number of aromatic nitrogens is 3. The van der Waals surface area contributed by atoms with Gasteiger partial charge in [-0.15, -0.1) is 16.6 Å². The maximum absolute atomic E-state index is 5.76. The van der Waals surface area contributed by atoms with Crippen molar-refractivity contribution in [2.75, 3.05) is 38.9 Å². The highest BCUT2D eigenvalue weighted by Crippen LogP contribution is 2.31. The minimum absolute atomic E-state index is 0.145. The molecule has 2 aromatic rings. The molecule has 3 rings (SSSR count). The van der Waals surface area contributed by atoms with Gasteiger partial charge in [0.05, 0.1) is 5.69 Å². The third kappa shape index (κ3) is 4.97. The van der Waals surface area contributed by atoms with E-state index in [2.05, 4.69) is 38.4 Å². The molecular weight excluding hydrogens is 354 g/mol. The van der Waals surface area contributed by atoms with Gasteiger partial charge in [0.15, 0.2) is 6.79 Å². The van der Waals surface area contributed by atoms with Crippen LogP contribution in [0.4, 0.5) is 5.95 Å². The summed E-state index contributed by atoms with van der Waals surface area (Å²) in [5.41, 5.74) is 2.96. The molecule has 1 atom stereocenters. The SMILES string of the molecule is C#Cc1ccc(-c2nnc(NC3CCCN(C)C3)nc2C)c(OCOCC)c1. The summed E-state index contributed by atoms with van der Waals surface area (Å²) in [5, 5.41) is 12.1. The lowest BCUT2D eigenvalue weighted by molar-refractivity contribution is 0.0227. The third-order valence-corrected chi connectivity index (χ3v) is 4.72. The van der Waals surface area contributed by atoms with Gasteiger partial charge in [-0.1, -0.05) is 5.92 Å². The fourth-order valence-electron chi connectivity index (χ4n) is 3.30. The zero-order valence-corrected chi connectivity index (χ0v) is 16.7. The number of hydrogen-bond donors (Lipinski definition) is 1. The molecule has 7 nitrogen and oxygen atoms in total. The number of hydrogen-bond acceptors (Lipinski definition) is 7. The van der Waals surface area contributed by atoms with Gasteiger partial charge in [0, 0.05) is 30.3 Å². The topological polar surface area (TPSA) is 72.4 Å². The van der Waals surface area contributed by atoms with E-state index in [9.17, 15) is 0 Å². The van der Waals surface area contributed by atoms with Crippen LogP contribution in [-0.4, -0.2) is 59.7 Å². The molecular formula is C21H27N5O2. The molecule has 1 aromatic carbocycles. The van der Waals surface area contributed by atoms with Crippen molar-refractivity contribution in [3.63, 3.8) is 0 Å². The maximum Gasteiger partial charge on any atom is 0.243 e. The second-order valence-corrected chi connectivity index (χ2v) is 6.93. The van der Waals surface area contributed by atoms with Crippen LogP contribution in [0, 0.1) is 19.3 Å². The number of anilines is 1. The van der Waals surface area contributed by atoms with E-state index < -0.39 is 0 Å². The van der Waals surface area contributed by atoms with Gasteiger partial charge in [-0.05, 0) is 58.5 Å². The summed E-state index contributed by atoms with van der Waals surface area (Å²) < 4.78 is 11.1. The van der Waals surface area contributed by atoms with Crippen LogP contribution in [0.15, 0.2) is 18.2 Å². The Kier molecular flexibility index (Phi) is 6.80. The molecule has 1 N–H and O–H groups in total. The first-order chi connectivity index (χ1) is 13.6. The Balaban J connectivity index is 1.82. The van der Waals surface area contributed by atoms with E-state index >= 15 is 0 Å². The normalized spacial score (nSPS) is 17.1. The predicted octanol–water partition coefficient (Wildman–Crippen LogP) is 2.71. The van der Waals surface area contributed by atoms with Crippen molar-refractivity contribution in [1.29, 1.82) is 0 Å². The molecule has 28 heavy (non-hydrogen) atoms. The fraction of sp³-hybridized carbons (Fsp3) is 0.476. The van der Waals surface area contributed by atoms with Crippen molar-refractivity contribution in [3.05, 3.63) is 29.5 Å². The first-order valence-corrected chi connectivity index (χ1v) is 9.58. The summed E-state index contributed by atoms with van der Waals surface area (Å²) in [7, 11) is 2.13. The molecule has 1 aliphatic rings. The number of likely N-dealkylation sites (N-methyl/N-ethyl adjacent to an activating group) is 1. The molecule has 1 fully saturated rings. The van der Waals surface area contributed by atoms with Gasteiger partial charge < -0.3 is 19.7 Å². The van der Waals surface area contributed by atoms with Crippen LogP contribution >= 0.6 is 0 Å². The van der Waals surface area contributed by atoms with Crippen LogP contribution in [0.1, 0.15) is 31.0 Å². The molecule has 0 aliphatic carbocycles. The molecule has 0 bridgehead atoms. The second kappa shape index (κ2) is 9.49. The van der Waals surface area contributed by atoms with Crippen LogP contribution in [-0.2, 0) is 4.74 Å². The Labute approximate surface area is 166 Å². The van der Waals surface area contributed by atoms with Gasteiger partial charge in [-0.3, -0.25) is 0 Å². The van der Waals surface area contributed by atoms with Crippen LogP contribution in [0.3, 0.4) is 0 Å². The summed E-state index contributed by atoms with van der Waals surface area (Å²) in [6.07, 6.45) is 7.80. The monoisotopic (exact) mass is 381 g/mol. The molecule has 2 heterocycles. The Bertz CT molecular complexity index is 849. The van der Waals surface area contributed by atoms with E-state index in [-0.39, 0.29) is 6.79 Å². The van der Waals surface area contributed by atoms with Crippen molar-refractivity contribution >= 4 is 5.95 Å². The first-order valence-electron chi connectivity index (χ1n) is 9.58. The summed E-state index contributed by atoms with van der Waals surface area (Å²) in [4.78, 5) is 6.93. The average Bonchev–Trinajstić information content (AvgIpc) is 2.68. The number of nitrogens with one attached hydrogen (secondary N) is 1. The predicted molar refractivity (Wildman–Crippen MR) is 109 cm³/mol. The number of ether oxygens (including phenoxy) is 2. The van der Waals surface area contributed by atoms with Gasteiger partial charge in [0.25, 0.3) is 0 Å². The highest BCUT2D eigenvalue weighted by atomic mass is 16.7. The van der Waals surface area contributed by atoms with Crippen molar-refractivity contribution in [1.82, 2.24) is 20.1 Å². The lowest BCUT2D eigenvalue weighted by Gasteiger charge is -2.30. The Morgan fingerprint density at radius 2 is 2.21 bits per heavy atom. The number of rotatable bonds is 7. The van der Waals surface area contributed by atoms with Gasteiger partial charge in [0.1, 0.15) is 11.4 Å². The molecule has 7 heteroatoms. The number of likely N-dealkylation sites (tertiary alicyclic amines) is 1. The summed E-state index contributed by atoms with van der Waals surface area (Å²) >= 11 is 0. The Morgan fingerprint density at radius 1 is 1.36 bits per heavy atom. The van der Waals surface area contributed by atoms with E-state index in [0.29, 0.717) is 30.0 Å². The molecule has 0 amide bonds. The van der Waals surface area contributed by atoms with Crippen LogP contribution < -0.4 is 10.1 Å². The quantitative estimate of drug-likeness (QED) is 0.449. The van der Waals surface area contributed by atoms with Gasteiger partial charge in [0.2, 0.25) is 5.95 Å². The minimum atomic E-state index is 0.145. The smallest absolute Gasteiger partial charge is 0.243 e. The van der Waals surface area contributed by atoms with E-state index in [1.165, 1.54) is 6.42 Å². The molecule has 1 aliphatic heterocycles. The van der Waals surface area contributed by atoms with Crippen LogP contribution in [0.2, 0.25) is 0 Å². The molecule has 0 spiro atoms. The van der Waals surface area contributed by atoms with E-state index in [0.717, 1.165) is 36.3 Å². The minimum Gasteiger partial charge on any atom is -0.467 e. The largest absolute Gasteiger partial charge is 0.467 e. The van der Waals surface area contributed by atoms with Crippen LogP contribution in [0.5, 0.6) is 5.75 Å². The van der Waals surface area contributed by atoms with E-state index in [1.807, 2.05) is 26.0 Å². The fourth-order valence-corrected chi connectivity index (χ4v) is 3.30. The first kappa shape index (κ1) is 20.1. The van der Waals surface area contributed by atoms with Crippen molar-refractivity contribution in [2.24, 2.45) is 0 Å². The molecule has 1 unspecified atom stereocenters. The van der Waals surface area contributed by atoms with E-state index in [4.69, 9.17) is 15.9 Å². The van der Waals surface area contributed by atoms with Gasteiger partial charge in [-0.2, -0.15) is 0 Å². The van der Waals surface area contributed by atoms with Gasteiger partial charge >= 0.3 is 0 Å². The summed E-state index contributed by atoms with van der Waals surface area (Å²) in [6.45, 7) is 6.66. The third-order valence-electron chi connectivity index (χ3n) is 4.72. The van der Waals surface area contributed by atoms with Crippen molar-refractivity contribution in [3.8, 4) is 29.4 Å². The number of benzene rings is 1. The van der Waals surface area contributed by atoms with Crippen LogP contribution in [0.25, 0.3) is 11.3 Å². The molecule has 1 saturated heterocycles. The number of nitrogens with zero attached hydrogens (tertiary/aromatic N) is 4. The number of aryl methyl sites for hydroxylation is 1. The molecule has 0 saturated carbocycles. The summed E-state index contributed by atoms with van der Waals surface area (Å²) in [5.74, 6) is 3.79. The lowest BCUT2D eigenvalue weighted by atomic mass is 10.1.